The number of hydrogen-bond donors (Lipinski definition) is 1. The second-order valence-corrected chi connectivity index (χ2v) is 12.0. The molecule has 0 aliphatic heterocycles. The maximum Gasteiger partial charge on any atom is 0.152 e. The standard InChI is InChI=1S/C26H34O4S/c1-19(2)31(29,30)18-21-9-13-22(14-10-21)25(27)17-20-11-15-24(16-12-20)26(3,28)23-7-5-4-6-8-23/h4-8,11-12,15-16,19,21-22,28H,9-10,13-14,17-18H2,1-3H3. The molecule has 0 amide bonds. The highest BCUT2D eigenvalue weighted by Gasteiger charge is 2.30. The van der Waals surface area contributed by atoms with E-state index in [2.05, 4.69) is 0 Å². The Morgan fingerprint density at radius 3 is 2.06 bits per heavy atom. The van der Waals surface area contributed by atoms with Crippen LogP contribution in [0.1, 0.15) is 63.1 Å². The number of Topliss-reactive ketones (excluding diaryl/α,β-unsaturated/α-hetero) is 1. The highest BCUT2D eigenvalue weighted by Crippen LogP contribution is 2.32. The number of carbonyl (C=O) groups is 1. The Morgan fingerprint density at radius 2 is 1.52 bits per heavy atom. The molecular formula is C26H34O4S. The predicted molar refractivity (Wildman–Crippen MR) is 125 cm³/mol. The molecule has 168 valence electrons. The third-order valence-electron chi connectivity index (χ3n) is 6.72. The molecule has 0 heterocycles. The van der Waals surface area contributed by atoms with Crippen LogP contribution in [0.5, 0.6) is 0 Å². The van der Waals surface area contributed by atoms with Crippen molar-refractivity contribution in [1.29, 1.82) is 0 Å². The van der Waals surface area contributed by atoms with Crippen molar-refractivity contribution in [2.75, 3.05) is 5.75 Å². The van der Waals surface area contributed by atoms with Crippen molar-refractivity contribution < 1.29 is 18.3 Å². The maximum absolute atomic E-state index is 12.8. The van der Waals surface area contributed by atoms with Gasteiger partial charge in [-0.05, 0) is 69.1 Å². The van der Waals surface area contributed by atoms with Crippen molar-refractivity contribution >= 4 is 15.6 Å². The molecule has 0 bridgehead atoms. The number of carbonyl (C=O) groups excluding carboxylic acids is 1. The van der Waals surface area contributed by atoms with Crippen molar-refractivity contribution in [1.82, 2.24) is 0 Å². The minimum atomic E-state index is -3.03. The SMILES string of the molecule is CC(C)S(=O)(=O)CC1CCC(C(=O)Cc2ccc(C(C)(O)c3ccccc3)cc2)CC1. The number of rotatable bonds is 8. The Labute approximate surface area is 186 Å². The fraction of sp³-hybridized carbons (Fsp3) is 0.500. The van der Waals surface area contributed by atoms with Gasteiger partial charge in [-0.2, -0.15) is 0 Å². The number of aliphatic hydroxyl groups is 1. The molecule has 3 rings (SSSR count). The summed E-state index contributed by atoms with van der Waals surface area (Å²) in [5, 5.41) is 10.6. The van der Waals surface area contributed by atoms with Crippen LogP contribution >= 0.6 is 0 Å². The largest absolute Gasteiger partial charge is 0.381 e. The molecule has 1 aliphatic carbocycles. The van der Waals surface area contributed by atoms with E-state index in [-0.39, 0.29) is 28.6 Å². The van der Waals surface area contributed by atoms with Gasteiger partial charge < -0.3 is 5.11 Å². The van der Waals surface area contributed by atoms with Crippen LogP contribution in [0.25, 0.3) is 0 Å². The lowest BCUT2D eigenvalue weighted by Crippen LogP contribution is -2.29. The normalized spacial score (nSPS) is 21.6. The number of sulfone groups is 1. The van der Waals surface area contributed by atoms with Crippen molar-refractivity contribution in [3.05, 3.63) is 71.3 Å². The first-order valence-corrected chi connectivity index (χ1v) is 12.9. The van der Waals surface area contributed by atoms with E-state index in [1.807, 2.05) is 54.6 Å². The van der Waals surface area contributed by atoms with Crippen molar-refractivity contribution in [3.8, 4) is 0 Å². The van der Waals surface area contributed by atoms with Crippen LogP contribution in [0.4, 0.5) is 0 Å². The molecule has 1 aliphatic rings. The summed E-state index contributed by atoms with van der Waals surface area (Å²) in [5.74, 6) is 0.669. The number of ketones is 1. The van der Waals surface area contributed by atoms with Crippen molar-refractivity contribution in [2.45, 2.75) is 63.7 Å². The average molecular weight is 443 g/mol. The first kappa shape index (κ1) is 23.7. The fourth-order valence-electron chi connectivity index (χ4n) is 4.39. The van der Waals surface area contributed by atoms with Gasteiger partial charge in [0, 0.05) is 12.3 Å². The van der Waals surface area contributed by atoms with Gasteiger partial charge in [0.2, 0.25) is 0 Å². The van der Waals surface area contributed by atoms with Gasteiger partial charge in [0.25, 0.3) is 0 Å². The van der Waals surface area contributed by atoms with Gasteiger partial charge in [-0.15, -0.1) is 0 Å². The van der Waals surface area contributed by atoms with E-state index >= 15 is 0 Å². The monoisotopic (exact) mass is 442 g/mol. The van der Waals surface area contributed by atoms with Gasteiger partial charge in [0.1, 0.15) is 11.4 Å². The van der Waals surface area contributed by atoms with Gasteiger partial charge in [-0.25, -0.2) is 8.42 Å². The molecule has 2 aromatic rings. The van der Waals surface area contributed by atoms with E-state index in [4.69, 9.17) is 0 Å². The molecule has 0 aromatic heterocycles. The molecule has 0 spiro atoms. The Bertz CT molecular complexity index is 968. The molecule has 4 nitrogen and oxygen atoms in total. The minimum Gasteiger partial charge on any atom is -0.381 e. The maximum atomic E-state index is 12.8. The van der Waals surface area contributed by atoms with E-state index in [0.717, 1.165) is 42.4 Å². The molecule has 2 aromatic carbocycles. The highest BCUT2D eigenvalue weighted by atomic mass is 32.2. The fourth-order valence-corrected chi connectivity index (χ4v) is 5.77. The molecule has 1 fully saturated rings. The van der Waals surface area contributed by atoms with Crippen LogP contribution in [-0.2, 0) is 26.7 Å². The second kappa shape index (κ2) is 9.66. The van der Waals surface area contributed by atoms with Crippen LogP contribution in [-0.4, -0.2) is 30.3 Å². The minimum absolute atomic E-state index is 0.0186. The zero-order valence-electron chi connectivity index (χ0n) is 18.8. The van der Waals surface area contributed by atoms with Gasteiger partial charge >= 0.3 is 0 Å². The van der Waals surface area contributed by atoms with E-state index < -0.39 is 15.4 Å². The van der Waals surface area contributed by atoms with Gasteiger partial charge in [-0.1, -0.05) is 54.6 Å². The summed E-state index contributed by atoms with van der Waals surface area (Å²) in [6, 6.07) is 17.2. The first-order chi connectivity index (χ1) is 14.6. The topological polar surface area (TPSA) is 71.4 Å². The zero-order chi connectivity index (χ0) is 22.6. The van der Waals surface area contributed by atoms with Crippen LogP contribution in [0, 0.1) is 11.8 Å². The summed E-state index contributed by atoms with van der Waals surface area (Å²) < 4.78 is 24.3. The summed E-state index contributed by atoms with van der Waals surface area (Å²) in [4.78, 5) is 12.8. The summed E-state index contributed by atoms with van der Waals surface area (Å²) in [6.07, 6.45) is 3.55. The lowest BCUT2D eigenvalue weighted by molar-refractivity contribution is -0.123. The first-order valence-electron chi connectivity index (χ1n) is 11.2. The van der Waals surface area contributed by atoms with Crippen molar-refractivity contribution in [3.63, 3.8) is 0 Å². The number of benzene rings is 2. The quantitative estimate of drug-likeness (QED) is 0.644. The van der Waals surface area contributed by atoms with Crippen LogP contribution in [0.15, 0.2) is 54.6 Å². The Morgan fingerprint density at radius 1 is 0.968 bits per heavy atom. The third kappa shape index (κ3) is 5.83. The van der Waals surface area contributed by atoms with Crippen LogP contribution in [0.3, 0.4) is 0 Å². The Kier molecular flexibility index (Phi) is 7.38. The summed E-state index contributed by atoms with van der Waals surface area (Å²) in [7, 11) is -3.03. The predicted octanol–water partition coefficient (Wildman–Crippen LogP) is 4.68. The molecule has 1 N–H and O–H groups in total. The van der Waals surface area contributed by atoms with Gasteiger partial charge in [-0.3, -0.25) is 4.79 Å². The van der Waals surface area contributed by atoms with Gasteiger partial charge in [0.05, 0.1) is 11.0 Å². The van der Waals surface area contributed by atoms with Crippen molar-refractivity contribution in [2.24, 2.45) is 11.8 Å². The van der Waals surface area contributed by atoms with E-state index in [1.165, 1.54) is 0 Å². The molecule has 1 atom stereocenters. The second-order valence-electron chi connectivity index (χ2n) is 9.37. The Balaban J connectivity index is 1.56. The molecule has 0 saturated heterocycles. The molecule has 1 unspecified atom stereocenters. The van der Waals surface area contributed by atoms with Gasteiger partial charge in [0.15, 0.2) is 9.84 Å². The molecular weight excluding hydrogens is 408 g/mol. The van der Waals surface area contributed by atoms with Crippen LogP contribution in [0.2, 0.25) is 0 Å². The highest BCUT2D eigenvalue weighted by molar-refractivity contribution is 7.91. The van der Waals surface area contributed by atoms with E-state index in [0.29, 0.717) is 6.42 Å². The van der Waals surface area contributed by atoms with E-state index in [1.54, 1.807) is 20.8 Å². The summed E-state index contributed by atoms with van der Waals surface area (Å²) in [6.45, 7) is 5.24. The third-order valence-corrected chi connectivity index (χ3v) is 9.09. The lowest BCUT2D eigenvalue weighted by Gasteiger charge is -2.28. The average Bonchev–Trinajstić information content (AvgIpc) is 2.75. The zero-order valence-corrected chi connectivity index (χ0v) is 19.6. The summed E-state index contributed by atoms with van der Waals surface area (Å²) in [5.41, 5.74) is 1.48. The number of hydrogen-bond acceptors (Lipinski definition) is 4. The molecule has 5 heteroatoms. The smallest absolute Gasteiger partial charge is 0.152 e. The molecule has 31 heavy (non-hydrogen) atoms. The van der Waals surface area contributed by atoms with Crippen LogP contribution < -0.4 is 0 Å². The molecule has 1 saturated carbocycles. The lowest BCUT2D eigenvalue weighted by atomic mass is 9.79. The molecule has 0 radical (unpaired) electrons. The summed E-state index contributed by atoms with van der Waals surface area (Å²) >= 11 is 0. The Hall–Kier alpha value is -1.98. The van der Waals surface area contributed by atoms with E-state index in [9.17, 15) is 18.3 Å².